The molecule has 0 aliphatic heterocycles. The van der Waals surface area contributed by atoms with Crippen LogP contribution in [0, 0.1) is 0 Å². The van der Waals surface area contributed by atoms with Crippen molar-refractivity contribution in [2.45, 2.75) is 6.92 Å². The molecule has 0 aromatic carbocycles. The minimum absolute atomic E-state index is 0.0967. The Balaban J connectivity index is 2.80. The number of rotatable bonds is 0. The fourth-order valence-electron chi connectivity index (χ4n) is 0. The molecular formula is C2H3ORu. The summed E-state index contributed by atoms with van der Waals surface area (Å²) in [6.45, 7) is 1.50. The van der Waals surface area contributed by atoms with Gasteiger partial charge in [0.1, 0.15) is 0 Å². The Morgan fingerprint density at radius 1 is 2.00 bits per heavy atom. The van der Waals surface area contributed by atoms with E-state index in [0.29, 0.717) is 0 Å². The second-order valence-corrected chi connectivity index (χ2v) is 1.68. The van der Waals surface area contributed by atoms with Gasteiger partial charge in [0.25, 0.3) is 0 Å². The normalized spacial score (nSPS) is 6.50. The summed E-state index contributed by atoms with van der Waals surface area (Å²) >= 11 is 1.94. The molecule has 0 rings (SSSR count). The summed E-state index contributed by atoms with van der Waals surface area (Å²) in [6.07, 6.45) is 0. The van der Waals surface area contributed by atoms with Crippen LogP contribution in [0.15, 0.2) is 0 Å². The molecule has 0 bridgehead atoms. The molecule has 2 heteroatoms. The summed E-state index contributed by atoms with van der Waals surface area (Å²) in [5.41, 5.74) is 0. The van der Waals surface area contributed by atoms with Crippen LogP contribution in [0.3, 0.4) is 0 Å². The molecule has 0 aromatic heterocycles. The third kappa shape index (κ3) is 44.6. The van der Waals surface area contributed by atoms with E-state index in [2.05, 4.69) is 0 Å². The SMILES string of the molecule is C[C](=O)[Ru]. The van der Waals surface area contributed by atoms with E-state index in [9.17, 15) is 4.79 Å². The van der Waals surface area contributed by atoms with Crippen LogP contribution in [-0.2, 0) is 23.1 Å². The third-order valence-electron chi connectivity index (χ3n) is 0. The van der Waals surface area contributed by atoms with Crippen LogP contribution in [-0.4, -0.2) is 4.38 Å². The van der Waals surface area contributed by atoms with Gasteiger partial charge in [0.05, 0.1) is 0 Å². The van der Waals surface area contributed by atoms with Crippen molar-refractivity contribution >= 4 is 4.38 Å². The topological polar surface area (TPSA) is 17.1 Å². The van der Waals surface area contributed by atoms with Gasteiger partial charge in [0.2, 0.25) is 0 Å². The summed E-state index contributed by atoms with van der Waals surface area (Å²) in [5.74, 6) is 0. The number of hydrogen-bond acceptors (Lipinski definition) is 1. The summed E-state index contributed by atoms with van der Waals surface area (Å²) in [5, 5.41) is 0. The Kier molecular flexibility index (Phi) is 1.71. The molecular weight excluding hydrogens is 141 g/mol. The zero-order valence-corrected chi connectivity index (χ0v) is 4.00. The van der Waals surface area contributed by atoms with Gasteiger partial charge >= 0.3 is 34.4 Å². The maximum atomic E-state index is 9.41. The van der Waals surface area contributed by atoms with Gasteiger partial charge in [-0.3, -0.25) is 0 Å². The Morgan fingerprint density at radius 3 is 2.00 bits per heavy atom. The van der Waals surface area contributed by atoms with Gasteiger partial charge < -0.3 is 0 Å². The minimum atomic E-state index is 0.0967. The third-order valence-corrected chi connectivity index (χ3v) is 0. The van der Waals surface area contributed by atoms with Crippen LogP contribution in [0.4, 0.5) is 0 Å². The fraction of sp³-hybridized carbons (Fsp3) is 0.500. The Morgan fingerprint density at radius 2 is 2.00 bits per heavy atom. The molecule has 0 N–H and O–H groups in total. The molecule has 25 valence electrons. The molecule has 0 amide bonds. The predicted molar refractivity (Wildman–Crippen MR) is 10.7 cm³/mol. The summed E-state index contributed by atoms with van der Waals surface area (Å²) in [7, 11) is 0. The van der Waals surface area contributed by atoms with Gasteiger partial charge in [-0.2, -0.15) is 0 Å². The monoisotopic (exact) mass is 145 g/mol. The summed E-state index contributed by atoms with van der Waals surface area (Å²) in [6, 6.07) is 0. The average molecular weight is 144 g/mol. The first-order chi connectivity index (χ1) is 1.73. The number of carbonyl (C=O) groups excluding carboxylic acids is 1. The van der Waals surface area contributed by atoms with Crippen molar-refractivity contribution in [2.24, 2.45) is 0 Å². The average Bonchev–Trinajstić information content (AvgIpc) is 0.811. The molecule has 0 radical (unpaired) electrons. The standard InChI is InChI=1S/C2H3O.Ru/c1-2-3;/h1H3;. The van der Waals surface area contributed by atoms with E-state index >= 15 is 0 Å². The predicted octanol–water partition coefficient (Wildman–Crippen LogP) is 0.0797. The van der Waals surface area contributed by atoms with Crippen LogP contribution in [0.1, 0.15) is 6.92 Å². The quantitative estimate of drug-likeness (QED) is 0.440. The molecule has 0 aromatic rings. The van der Waals surface area contributed by atoms with E-state index in [1.54, 1.807) is 0 Å². The van der Waals surface area contributed by atoms with Crippen molar-refractivity contribution in [1.82, 2.24) is 0 Å². The molecule has 0 fully saturated rings. The van der Waals surface area contributed by atoms with Gasteiger partial charge in [-0.15, -0.1) is 0 Å². The van der Waals surface area contributed by atoms with Crippen LogP contribution in [0.2, 0.25) is 0 Å². The van der Waals surface area contributed by atoms with Crippen molar-refractivity contribution in [3.8, 4) is 0 Å². The van der Waals surface area contributed by atoms with Gasteiger partial charge in [-0.05, 0) is 0 Å². The van der Waals surface area contributed by atoms with Crippen LogP contribution < -0.4 is 0 Å². The van der Waals surface area contributed by atoms with E-state index in [1.807, 2.05) is 18.3 Å². The van der Waals surface area contributed by atoms with Crippen LogP contribution in [0.25, 0.3) is 0 Å². The molecule has 0 saturated heterocycles. The molecule has 1 nitrogen and oxygen atoms in total. The van der Waals surface area contributed by atoms with E-state index in [-0.39, 0.29) is 4.38 Å². The Bertz CT molecular complexity index is 29.0. The first kappa shape index (κ1) is 4.29. The van der Waals surface area contributed by atoms with E-state index in [4.69, 9.17) is 0 Å². The number of carbonyl (C=O) groups is 1. The van der Waals surface area contributed by atoms with Gasteiger partial charge in [0, 0.05) is 0 Å². The Hall–Kier alpha value is 0.293. The summed E-state index contributed by atoms with van der Waals surface area (Å²) in [4.78, 5) is 9.41. The molecule has 0 unspecified atom stereocenters. The van der Waals surface area contributed by atoms with Gasteiger partial charge in [-0.1, -0.05) is 0 Å². The van der Waals surface area contributed by atoms with Gasteiger partial charge in [0.15, 0.2) is 0 Å². The Labute approximate surface area is 35.1 Å². The maximum absolute atomic E-state index is 9.41. The van der Waals surface area contributed by atoms with E-state index in [1.165, 1.54) is 6.92 Å². The van der Waals surface area contributed by atoms with Crippen molar-refractivity contribution in [3.05, 3.63) is 0 Å². The molecule has 0 aliphatic rings. The van der Waals surface area contributed by atoms with E-state index < -0.39 is 0 Å². The van der Waals surface area contributed by atoms with Gasteiger partial charge in [-0.25, -0.2) is 0 Å². The van der Waals surface area contributed by atoms with Crippen molar-refractivity contribution in [1.29, 1.82) is 0 Å². The first-order valence-electron chi connectivity index (χ1n) is 0.881. The second kappa shape index (κ2) is 1.60. The molecule has 0 atom stereocenters. The fourth-order valence-corrected chi connectivity index (χ4v) is 0. The molecule has 0 spiro atoms. The molecule has 0 saturated carbocycles. The molecule has 4 heavy (non-hydrogen) atoms. The second-order valence-electron chi connectivity index (χ2n) is 0.453. The first-order valence-corrected chi connectivity index (χ1v) is 1.75. The van der Waals surface area contributed by atoms with Crippen LogP contribution >= 0.6 is 0 Å². The molecule has 0 aliphatic carbocycles. The van der Waals surface area contributed by atoms with Crippen LogP contribution in [0.5, 0.6) is 0 Å². The summed E-state index contributed by atoms with van der Waals surface area (Å²) < 4.78 is 0.0967. The van der Waals surface area contributed by atoms with Crippen molar-refractivity contribution < 1.29 is 23.1 Å². The molecule has 0 heterocycles. The zero-order chi connectivity index (χ0) is 3.58. The van der Waals surface area contributed by atoms with Crippen molar-refractivity contribution in [3.63, 3.8) is 0 Å². The van der Waals surface area contributed by atoms with E-state index in [0.717, 1.165) is 0 Å². The van der Waals surface area contributed by atoms with Crippen molar-refractivity contribution in [2.75, 3.05) is 0 Å². The number of hydrogen-bond donors (Lipinski definition) is 0. The zero-order valence-electron chi connectivity index (χ0n) is 2.26.